The number of thioether (sulfide) groups is 1. The van der Waals surface area contributed by atoms with Gasteiger partial charge in [-0.1, -0.05) is 0 Å². The lowest BCUT2D eigenvalue weighted by molar-refractivity contribution is 0.239. The van der Waals surface area contributed by atoms with E-state index in [1.807, 2.05) is 13.0 Å². The summed E-state index contributed by atoms with van der Waals surface area (Å²) in [6.45, 7) is 2.04. The van der Waals surface area contributed by atoms with Crippen LogP contribution in [-0.2, 0) is 0 Å². The zero-order valence-electron chi connectivity index (χ0n) is 9.24. The van der Waals surface area contributed by atoms with E-state index in [0.29, 0.717) is 0 Å². The summed E-state index contributed by atoms with van der Waals surface area (Å²) >= 11 is 1.77. The van der Waals surface area contributed by atoms with Gasteiger partial charge in [-0.15, -0.1) is 11.8 Å². The van der Waals surface area contributed by atoms with Gasteiger partial charge in [0.25, 0.3) is 0 Å². The molecular weight excluding hydrogens is 225 g/mol. The zero-order chi connectivity index (χ0) is 11.5. The van der Waals surface area contributed by atoms with Crippen molar-refractivity contribution in [3.05, 3.63) is 29.6 Å². The third-order valence-electron chi connectivity index (χ3n) is 2.77. The highest BCUT2D eigenvalue weighted by atomic mass is 32.2. The summed E-state index contributed by atoms with van der Waals surface area (Å²) in [6.07, 6.45) is 0.978. The van der Waals surface area contributed by atoms with Gasteiger partial charge in [-0.2, -0.15) is 0 Å². The average molecular weight is 241 g/mol. The number of aliphatic hydroxyl groups excluding tert-OH is 1. The number of rotatable bonds is 3. The van der Waals surface area contributed by atoms with Gasteiger partial charge in [-0.05, 0) is 42.9 Å². The summed E-state index contributed by atoms with van der Waals surface area (Å²) in [5.41, 5.74) is 1.02. The number of halogens is 1. The topological polar surface area (TPSA) is 32.3 Å². The fourth-order valence-electron chi connectivity index (χ4n) is 1.93. The largest absolute Gasteiger partial charge is 0.395 e. The Kier molecular flexibility index (Phi) is 3.84. The van der Waals surface area contributed by atoms with Crippen LogP contribution in [0.3, 0.4) is 0 Å². The van der Waals surface area contributed by atoms with Gasteiger partial charge in [-0.3, -0.25) is 0 Å². The third kappa shape index (κ3) is 2.56. The van der Waals surface area contributed by atoms with Gasteiger partial charge >= 0.3 is 0 Å². The number of hydrogen-bond donors (Lipinski definition) is 2. The minimum absolute atomic E-state index is 0.0456. The Hall–Kier alpha value is -0.580. The summed E-state index contributed by atoms with van der Waals surface area (Å²) in [6, 6.07) is 5.15. The van der Waals surface area contributed by atoms with Crippen molar-refractivity contribution in [1.29, 1.82) is 0 Å². The van der Waals surface area contributed by atoms with Crippen molar-refractivity contribution in [2.24, 2.45) is 0 Å². The highest BCUT2D eigenvalue weighted by molar-refractivity contribution is 7.99. The molecule has 0 aromatic heterocycles. The molecule has 2 unspecified atom stereocenters. The molecule has 1 aromatic rings. The molecule has 0 saturated carbocycles. The first-order valence-corrected chi connectivity index (χ1v) is 6.48. The molecule has 2 N–H and O–H groups in total. The van der Waals surface area contributed by atoms with Gasteiger partial charge < -0.3 is 10.4 Å². The van der Waals surface area contributed by atoms with Gasteiger partial charge in [-0.25, -0.2) is 4.39 Å². The molecule has 1 aliphatic heterocycles. The van der Waals surface area contributed by atoms with E-state index < -0.39 is 0 Å². The molecule has 0 spiro atoms. The Morgan fingerprint density at radius 2 is 2.44 bits per heavy atom. The van der Waals surface area contributed by atoms with Crippen LogP contribution in [0.1, 0.15) is 24.9 Å². The highest BCUT2D eigenvalue weighted by Gasteiger charge is 2.22. The summed E-state index contributed by atoms with van der Waals surface area (Å²) in [4.78, 5) is 1.15. The Morgan fingerprint density at radius 3 is 3.19 bits per heavy atom. The van der Waals surface area contributed by atoms with E-state index in [0.717, 1.165) is 22.6 Å². The molecule has 0 bridgehead atoms. The zero-order valence-corrected chi connectivity index (χ0v) is 10.1. The van der Waals surface area contributed by atoms with E-state index in [2.05, 4.69) is 5.32 Å². The van der Waals surface area contributed by atoms with E-state index in [1.54, 1.807) is 17.8 Å². The van der Waals surface area contributed by atoms with Crippen molar-refractivity contribution in [2.45, 2.75) is 30.3 Å². The van der Waals surface area contributed by atoms with Crippen LogP contribution in [0.15, 0.2) is 23.1 Å². The summed E-state index contributed by atoms with van der Waals surface area (Å²) < 4.78 is 13.2. The first-order valence-electron chi connectivity index (χ1n) is 5.50. The van der Waals surface area contributed by atoms with Crippen molar-refractivity contribution in [1.82, 2.24) is 5.32 Å². The van der Waals surface area contributed by atoms with Crippen molar-refractivity contribution in [3.8, 4) is 0 Å². The highest BCUT2D eigenvalue weighted by Crippen LogP contribution is 2.36. The van der Waals surface area contributed by atoms with Gasteiger partial charge in [0.1, 0.15) is 5.82 Å². The molecule has 4 heteroatoms. The summed E-state index contributed by atoms with van der Waals surface area (Å²) in [5.74, 6) is 0.846. The van der Waals surface area contributed by atoms with E-state index in [1.165, 1.54) is 6.07 Å². The molecule has 88 valence electrons. The van der Waals surface area contributed by atoms with Crippen LogP contribution in [0.4, 0.5) is 4.39 Å². The van der Waals surface area contributed by atoms with Crippen molar-refractivity contribution < 1.29 is 9.50 Å². The molecule has 16 heavy (non-hydrogen) atoms. The van der Waals surface area contributed by atoms with E-state index in [9.17, 15) is 4.39 Å². The van der Waals surface area contributed by atoms with Crippen molar-refractivity contribution in [3.63, 3.8) is 0 Å². The molecule has 2 nitrogen and oxygen atoms in total. The van der Waals surface area contributed by atoms with Gasteiger partial charge in [0.05, 0.1) is 6.61 Å². The molecule has 1 aromatic carbocycles. The predicted octanol–water partition coefficient (Wildman–Crippen LogP) is 2.33. The monoisotopic (exact) mass is 241 g/mol. The smallest absolute Gasteiger partial charge is 0.123 e. The Bertz CT molecular complexity index is 372. The average Bonchev–Trinajstić information content (AvgIpc) is 2.29. The van der Waals surface area contributed by atoms with Crippen LogP contribution in [0, 0.1) is 5.82 Å². The fourth-order valence-corrected chi connectivity index (χ4v) is 3.04. The van der Waals surface area contributed by atoms with Crippen LogP contribution in [0.25, 0.3) is 0 Å². The SMILES string of the molecule is CC(CO)NC1CCSc2ccc(F)cc21. The van der Waals surface area contributed by atoms with Crippen LogP contribution in [0.5, 0.6) is 0 Å². The second-order valence-corrected chi connectivity index (χ2v) is 5.26. The lowest BCUT2D eigenvalue weighted by Gasteiger charge is -2.28. The normalized spacial score (nSPS) is 21.6. The Morgan fingerprint density at radius 1 is 1.62 bits per heavy atom. The van der Waals surface area contributed by atoms with Gasteiger partial charge in [0.2, 0.25) is 0 Å². The Balaban J connectivity index is 2.21. The summed E-state index contributed by atoms with van der Waals surface area (Å²) in [7, 11) is 0. The van der Waals surface area contributed by atoms with Crippen LogP contribution in [-0.4, -0.2) is 23.5 Å². The molecule has 1 heterocycles. The molecule has 0 amide bonds. The number of hydrogen-bond acceptors (Lipinski definition) is 3. The molecule has 0 saturated heterocycles. The molecular formula is C12H16FNOS. The van der Waals surface area contributed by atoms with Crippen molar-refractivity contribution >= 4 is 11.8 Å². The maximum atomic E-state index is 13.2. The molecule has 0 fully saturated rings. The third-order valence-corrected chi connectivity index (χ3v) is 3.89. The maximum Gasteiger partial charge on any atom is 0.123 e. The molecule has 2 rings (SSSR count). The standard InChI is InChI=1S/C12H16FNOS/c1-8(7-15)14-11-4-5-16-12-3-2-9(13)6-10(11)12/h2-3,6,8,11,14-15H,4-5,7H2,1H3. The molecule has 1 aliphatic rings. The number of benzene rings is 1. The second kappa shape index (κ2) is 5.17. The number of nitrogens with one attached hydrogen (secondary N) is 1. The molecule has 2 atom stereocenters. The van der Waals surface area contributed by atoms with Crippen LogP contribution >= 0.6 is 11.8 Å². The fraction of sp³-hybridized carbons (Fsp3) is 0.500. The Labute approximate surface area is 99.2 Å². The second-order valence-electron chi connectivity index (χ2n) is 4.12. The van der Waals surface area contributed by atoms with Crippen LogP contribution in [0.2, 0.25) is 0 Å². The number of aliphatic hydroxyl groups is 1. The maximum absolute atomic E-state index is 13.2. The lowest BCUT2D eigenvalue weighted by atomic mass is 10.0. The minimum Gasteiger partial charge on any atom is -0.395 e. The quantitative estimate of drug-likeness (QED) is 0.852. The van der Waals surface area contributed by atoms with Crippen LogP contribution < -0.4 is 5.32 Å². The first kappa shape index (κ1) is 11.9. The van der Waals surface area contributed by atoms with E-state index in [4.69, 9.17) is 5.11 Å². The van der Waals surface area contributed by atoms with E-state index >= 15 is 0 Å². The summed E-state index contributed by atoms with van der Waals surface area (Å²) in [5, 5.41) is 12.3. The molecule has 0 aliphatic carbocycles. The number of fused-ring (bicyclic) bond motifs is 1. The van der Waals surface area contributed by atoms with Gasteiger partial charge in [0.15, 0.2) is 0 Å². The minimum atomic E-state index is -0.190. The van der Waals surface area contributed by atoms with Gasteiger partial charge in [0, 0.05) is 17.0 Å². The first-order chi connectivity index (χ1) is 7.70. The van der Waals surface area contributed by atoms with Crippen molar-refractivity contribution in [2.75, 3.05) is 12.4 Å². The van der Waals surface area contributed by atoms with E-state index in [-0.39, 0.29) is 24.5 Å². The molecule has 0 radical (unpaired) electrons. The lowest BCUT2D eigenvalue weighted by Crippen LogP contribution is -2.34. The predicted molar refractivity (Wildman–Crippen MR) is 64.2 cm³/mol.